The minimum absolute atomic E-state index is 0.0190. The van der Waals surface area contributed by atoms with E-state index in [1.165, 1.54) is 25.3 Å². The smallest absolute Gasteiger partial charge is 0.342 e. The highest BCUT2D eigenvalue weighted by molar-refractivity contribution is 9.10. The number of nitrogens with one attached hydrogen (secondary N) is 1. The van der Waals surface area contributed by atoms with E-state index < -0.39 is 5.97 Å². The molecule has 0 atom stereocenters. The number of hydrogen-bond donors (Lipinski definition) is 2. The van der Waals surface area contributed by atoms with Crippen LogP contribution in [-0.2, 0) is 11.4 Å². The van der Waals surface area contributed by atoms with Gasteiger partial charge in [0.1, 0.15) is 28.8 Å². The van der Waals surface area contributed by atoms with Crippen molar-refractivity contribution in [1.82, 2.24) is 15.2 Å². The van der Waals surface area contributed by atoms with Crippen LogP contribution in [0, 0.1) is 5.82 Å². The number of aliphatic carboxylic acids is 1. The van der Waals surface area contributed by atoms with Crippen molar-refractivity contribution in [3.8, 4) is 22.9 Å². The quantitative estimate of drug-likeness (QED) is 0.163. The van der Waals surface area contributed by atoms with E-state index >= 15 is 0 Å². The molecule has 0 aliphatic rings. The Kier molecular flexibility index (Phi) is 8.29. The molecule has 11 heteroatoms. The first-order valence-electron chi connectivity index (χ1n) is 10.4. The van der Waals surface area contributed by atoms with Crippen molar-refractivity contribution >= 4 is 51.3 Å². The van der Waals surface area contributed by atoms with E-state index in [0.29, 0.717) is 37.9 Å². The lowest BCUT2D eigenvalue weighted by molar-refractivity contribution is -0.131. The van der Waals surface area contributed by atoms with Crippen molar-refractivity contribution in [2.45, 2.75) is 11.8 Å². The van der Waals surface area contributed by atoms with Crippen molar-refractivity contribution in [2.24, 2.45) is 0 Å². The molecule has 0 amide bonds. The molecule has 36 heavy (non-hydrogen) atoms. The molecule has 0 aliphatic heterocycles. The molecule has 2 N–H and O–H groups in total. The van der Waals surface area contributed by atoms with Crippen molar-refractivity contribution in [3.63, 3.8) is 0 Å². The van der Waals surface area contributed by atoms with Gasteiger partial charge in [-0.15, -0.1) is 5.10 Å². The number of methoxy groups -OCH3 is 1. The van der Waals surface area contributed by atoms with Gasteiger partial charge in [-0.2, -0.15) is 0 Å². The van der Waals surface area contributed by atoms with Gasteiger partial charge in [0, 0.05) is 5.02 Å². The number of nitrogens with zero attached hydrogens (tertiary/aromatic N) is 2. The first-order valence-corrected chi connectivity index (χ1v) is 12.4. The standard InChI is InChI=1S/C25H18BrClFN3O4S/c1-34-20-9-5-16(27)12-18(20)23-29-25(31-30-23)36-22(24(32)33)11-15-4-8-21(19(26)10-15)35-13-14-2-6-17(28)7-3-14/h2-12H,13H2,1H3,(H,32,33)(H,29,30,31)/b22-11-. The Balaban J connectivity index is 1.50. The third-order valence-electron chi connectivity index (χ3n) is 4.85. The number of thioether (sulfide) groups is 1. The van der Waals surface area contributed by atoms with Crippen LogP contribution in [0.15, 0.2) is 75.2 Å². The summed E-state index contributed by atoms with van der Waals surface area (Å²) in [6.45, 7) is 0.259. The molecule has 0 fully saturated rings. The van der Waals surface area contributed by atoms with Crippen LogP contribution in [-0.4, -0.2) is 33.4 Å². The van der Waals surface area contributed by atoms with E-state index in [-0.39, 0.29) is 22.5 Å². The van der Waals surface area contributed by atoms with E-state index in [1.807, 2.05) is 0 Å². The van der Waals surface area contributed by atoms with Gasteiger partial charge >= 0.3 is 5.97 Å². The van der Waals surface area contributed by atoms with Crippen LogP contribution < -0.4 is 9.47 Å². The first kappa shape index (κ1) is 25.7. The summed E-state index contributed by atoms with van der Waals surface area (Å²) in [5.41, 5.74) is 2.05. The van der Waals surface area contributed by atoms with Crippen LogP contribution in [0.1, 0.15) is 11.1 Å². The van der Waals surface area contributed by atoms with Gasteiger partial charge in [-0.1, -0.05) is 29.8 Å². The molecular weight excluding hydrogens is 573 g/mol. The van der Waals surface area contributed by atoms with Gasteiger partial charge < -0.3 is 14.6 Å². The zero-order chi connectivity index (χ0) is 25.7. The maximum absolute atomic E-state index is 13.1. The van der Waals surface area contributed by atoms with E-state index in [4.69, 9.17) is 21.1 Å². The van der Waals surface area contributed by atoms with Gasteiger partial charge in [-0.25, -0.2) is 14.2 Å². The fourth-order valence-corrected chi connectivity index (χ4v) is 4.52. The molecule has 184 valence electrons. The Hall–Kier alpha value is -3.34. The Morgan fingerprint density at radius 2 is 1.92 bits per heavy atom. The second-order valence-electron chi connectivity index (χ2n) is 7.33. The number of benzene rings is 3. The highest BCUT2D eigenvalue weighted by Gasteiger charge is 2.17. The minimum Gasteiger partial charge on any atom is -0.496 e. The average Bonchev–Trinajstić information content (AvgIpc) is 3.32. The van der Waals surface area contributed by atoms with Crippen LogP contribution in [0.4, 0.5) is 4.39 Å². The molecule has 0 saturated carbocycles. The minimum atomic E-state index is -1.13. The van der Waals surface area contributed by atoms with Crippen molar-refractivity contribution in [2.75, 3.05) is 7.11 Å². The fourth-order valence-electron chi connectivity index (χ4n) is 3.13. The number of carboxylic acids is 1. The fraction of sp³-hybridized carbons (Fsp3) is 0.0800. The highest BCUT2D eigenvalue weighted by atomic mass is 79.9. The highest BCUT2D eigenvalue weighted by Crippen LogP contribution is 2.34. The molecular formula is C25H18BrClFN3O4S. The predicted molar refractivity (Wildman–Crippen MR) is 140 cm³/mol. The summed E-state index contributed by atoms with van der Waals surface area (Å²) in [6, 6.07) is 16.3. The third kappa shape index (κ3) is 6.45. The number of carboxylic acid groups (broad SMARTS) is 1. The van der Waals surface area contributed by atoms with Gasteiger partial charge in [0.25, 0.3) is 0 Å². The lowest BCUT2D eigenvalue weighted by Crippen LogP contribution is -1.98. The summed E-state index contributed by atoms with van der Waals surface area (Å²) in [5, 5.41) is 17.4. The lowest BCUT2D eigenvalue weighted by Gasteiger charge is -2.09. The van der Waals surface area contributed by atoms with Gasteiger partial charge in [-0.3, -0.25) is 5.10 Å². The summed E-state index contributed by atoms with van der Waals surface area (Å²) < 4.78 is 24.8. The number of rotatable bonds is 9. The van der Waals surface area contributed by atoms with Gasteiger partial charge in [-0.05, 0) is 87.4 Å². The summed E-state index contributed by atoms with van der Waals surface area (Å²) >= 11 is 10.4. The number of aromatic nitrogens is 3. The Bertz CT molecular complexity index is 1430. The van der Waals surface area contributed by atoms with Gasteiger partial charge in [0.15, 0.2) is 5.82 Å². The Morgan fingerprint density at radius 3 is 2.61 bits per heavy atom. The molecule has 7 nitrogen and oxygen atoms in total. The topological polar surface area (TPSA) is 97.3 Å². The zero-order valence-electron chi connectivity index (χ0n) is 18.7. The second-order valence-corrected chi connectivity index (χ2v) is 9.63. The summed E-state index contributed by atoms with van der Waals surface area (Å²) in [6.07, 6.45) is 1.51. The second kappa shape index (κ2) is 11.6. The summed E-state index contributed by atoms with van der Waals surface area (Å²) in [5.74, 6) is 0.0721. The number of halogens is 3. The number of aromatic amines is 1. The Morgan fingerprint density at radius 1 is 1.17 bits per heavy atom. The van der Waals surface area contributed by atoms with E-state index in [1.54, 1.807) is 48.5 Å². The molecule has 0 bridgehead atoms. The van der Waals surface area contributed by atoms with Crippen molar-refractivity contribution in [3.05, 3.63) is 92.0 Å². The summed E-state index contributed by atoms with van der Waals surface area (Å²) in [7, 11) is 1.53. The van der Waals surface area contributed by atoms with Gasteiger partial charge in [0.2, 0.25) is 5.16 Å². The monoisotopic (exact) mass is 589 g/mol. The number of hydrogen-bond acceptors (Lipinski definition) is 6. The molecule has 4 aromatic rings. The normalized spacial score (nSPS) is 11.4. The maximum Gasteiger partial charge on any atom is 0.342 e. The SMILES string of the molecule is COc1ccc(Cl)cc1-c1nc(S/C(=C\c2ccc(OCc3ccc(F)cc3)c(Br)c2)C(=O)O)n[nH]1. The van der Waals surface area contributed by atoms with Crippen LogP contribution >= 0.6 is 39.3 Å². The number of carbonyl (C=O) groups is 1. The molecule has 0 unspecified atom stereocenters. The van der Waals surface area contributed by atoms with Crippen molar-refractivity contribution < 1.29 is 23.8 Å². The first-order chi connectivity index (χ1) is 17.3. The lowest BCUT2D eigenvalue weighted by atomic mass is 10.2. The molecule has 0 saturated heterocycles. The summed E-state index contributed by atoms with van der Waals surface area (Å²) in [4.78, 5) is 16.3. The van der Waals surface area contributed by atoms with Crippen molar-refractivity contribution in [1.29, 1.82) is 0 Å². The predicted octanol–water partition coefficient (Wildman–Crippen LogP) is 6.83. The molecule has 0 radical (unpaired) electrons. The molecule has 4 rings (SSSR count). The maximum atomic E-state index is 13.1. The van der Waals surface area contributed by atoms with Gasteiger partial charge in [0.05, 0.1) is 17.1 Å². The molecule has 0 aliphatic carbocycles. The Labute approximate surface area is 223 Å². The van der Waals surface area contributed by atoms with Crippen LogP contribution in [0.5, 0.6) is 11.5 Å². The molecule has 0 spiro atoms. The molecule has 1 heterocycles. The van der Waals surface area contributed by atoms with Crippen LogP contribution in [0.3, 0.4) is 0 Å². The van der Waals surface area contributed by atoms with E-state index in [2.05, 4.69) is 31.1 Å². The van der Waals surface area contributed by atoms with Crippen LogP contribution in [0.2, 0.25) is 5.02 Å². The molecule has 1 aromatic heterocycles. The number of H-pyrrole nitrogens is 1. The van der Waals surface area contributed by atoms with Crippen LogP contribution in [0.25, 0.3) is 17.5 Å². The zero-order valence-corrected chi connectivity index (χ0v) is 21.8. The number of ether oxygens (including phenoxy) is 2. The molecule has 3 aromatic carbocycles. The van der Waals surface area contributed by atoms with E-state index in [0.717, 1.165) is 17.3 Å². The third-order valence-corrected chi connectivity index (χ3v) is 6.59. The largest absolute Gasteiger partial charge is 0.496 e. The van der Waals surface area contributed by atoms with E-state index in [9.17, 15) is 14.3 Å². The average molecular weight is 591 g/mol.